The lowest BCUT2D eigenvalue weighted by Crippen LogP contribution is -2.48. The minimum atomic E-state index is -1.07. The molecular formula is C19H27N3O4. The van der Waals surface area contributed by atoms with Crippen LogP contribution in [0.4, 0.5) is 0 Å². The summed E-state index contributed by atoms with van der Waals surface area (Å²) in [6.45, 7) is 1.97. The third-order valence-electron chi connectivity index (χ3n) is 4.39. The fourth-order valence-corrected chi connectivity index (χ4v) is 2.96. The van der Waals surface area contributed by atoms with Crippen LogP contribution in [0.2, 0.25) is 0 Å². The van der Waals surface area contributed by atoms with Crippen molar-refractivity contribution in [2.45, 2.75) is 64.0 Å². The molecule has 26 heavy (non-hydrogen) atoms. The first-order chi connectivity index (χ1) is 12.5. The van der Waals surface area contributed by atoms with Crippen molar-refractivity contribution in [1.29, 1.82) is 0 Å². The molecule has 1 aliphatic rings. The predicted octanol–water partition coefficient (Wildman–Crippen LogP) is 2.46. The second-order valence-electron chi connectivity index (χ2n) is 6.59. The van der Waals surface area contributed by atoms with E-state index in [0.29, 0.717) is 18.5 Å². The number of unbranched alkanes of at least 4 members (excludes halogenated alkanes) is 1. The average molecular weight is 361 g/mol. The maximum Gasteiger partial charge on any atom is 0.321 e. The van der Waals surface area contributed by atoms with Gasteiger partial charge in [-0.25, -0.2) is 4.98 Å². The number of imidazole rings is 1. The fourth-order valence-electron chi connectivity index (χ4n) is 2.96. The average Bonchev–Trinajstić information content (AvgIpc) is 3.05. The van der Waals surface area contributed by atoms with E-state index in [4.69, 9.17) is 0 Å². The van der Waals surface area contributed by atoms with Crippen LogP contribution < -0.4 is 5.32 Å². The molecular weight excluding hydrogens is 334 g/mol. The van der Waals surface area contributed by atoms with Gasteiger partial charge in [0.25, 0.3) is 0 Å². The molecule has 0 fully saturated rings. The molecule has 7 heteroatoms. The second-order valence-corrected chi connectivity index (χ2v) is 6.59. The molecule has 2 atom stereocenters. The third kappa shape index (κ3) is 6.15. The maximum atomic E-state index is 11.6. The number of carbonyl (C=O) groups is 2. The van der Waals surface area contributed by atoms with E-state index < -0.39 is 24.0 Å². The number of aromatic nitrogens is 2. The lowest BCUT2D eigenvalue weighted by Gasteiger charge is -2.19. The fraction of sp³-hybridized carbons (Fsp3) is 0.526. The molecule has 142 valence electrons. The van der Waals surface area contributed by atoms with Crippen molar-refractivity contribution in [2.24, 2.45) is 0 Å². The van der Waals surface area contributed by atoms with E-state index >= 15 is 0 Å². The Labute approximate surface area is 153 Å². The Morgan fingerprint density at radius 2 is 2.04 bits per heavy atom. The Balaban J connectivity index is 1.98. The number of nitrogens with zero attached hydrogens (tertiary/aromatic N) is 1. The third-order valence-corrected chi connectivity index (χ3v) is 4.39. The Hall–Kier alpha value is -2.41. The molecule has 7 nitrogen and oxygen atoms in total. The van der Waals surface area contributed by atoms with Gasteiger partial charge in [-0.05, 0) is 24.8 Å². The maximum absolute atomic E-state index is 11.6. The summed E-state index contributed by atoms with van der Waals surface area (Å²) < 4.78 is 0. The van der Waals surface area contributed by atoms with Gasteiger partial charge in [0.15, 0.2) is 0 Å². The molecule has 1 heterocycles. The monoisotopic (exact) mass is 361 g/mol. The zero-order valence-corrected chi connectivity index (χ0v) is 15.1. The van der Waals surface area contributed by atoms with Crippen molar-refractivity contribution in [3.8, 4) is 0 Å². The highest BCUT2D eigenvalue weighted by Gasteiger charge is 2.26. The van der Waals surface area contributed by atoms with Crippen molar-refractivity contribution in [3.05, 3.63) is 41.5 Å². The largest absolute Gasteiger partial charge is 0.480 e. The van der Waals surface area contributed by atoms with Crippen molar-refractivity contribution in [3.63, 3.8) is 0 Å². The van der Waals surface area contributed by atoms with Crippen LogP contribution in [-0.2, 0) is 22.4 Å². The van der Waals surface area contributed by atoms with Gasteiger partial charge in [-0.2, -0.15) is 0 Å². The molecule has 0 aromatic carbocycles. The summed E-state index contributed by atoms with van der Waals surface area (Å²) in [5.41, 5.74) is 1.87. The van der Waals surface area contributed by atoms with Crippen molar-refractivity contribution in [1.82, 2.24) is 15.3 Å². The zero-order chi connectivity index (χ0) is 18.9. The summed E-state index contributed by atoms with van der Waals surface area (Å²) in [5.74, 6) is -1.31. The number of hydrogen-bond donors (Lipinski definition) is 4. The normalized spacial score (nSPS) is 16.1. The van der Waals surface area contributed by atoms with Crippen LogP contribution in [0.15, 0.2) is 30.0 Å². The van der Waals surface area contributed by atoms with Crippen molar-refractivity contribution < 1.29 is 19.8 Å². The van der Waals surface area contributed by atoms with Gasteiger partial charge in [-0.1, -0.05) is 38.0 Å². The quantitative estimate of drug-likeness (QED) is 0.481. The second kappa shape index (κ2) is 9.91. The number of nitrogens with one attached hydrogen (secondary N) is 2. The van der Waals surface area contributed by atoms with Crippen molar-refractivity contribution >= 4 is 11.9 Å². The lowest BCUT2D eigenvalue weighted by atomic mass is 10.0. The van der Waals surface area contributed by atoms with Gasteiger partial charge >= 0.3 is 11.9 Å². The molecule has 2 rings (SSSR count). The van der Waals surface area contributed by atoms with Crippen LogP contribution in [0, 0.1) is 0 Å². The van der Waals surface area contributed by atoms with Gasteiger partial charge < -0.3 is 15.2 Å². The molecule has 1 aromatic rings. The van der Waals surface area contributed by atoms with E-state index in [1.165, 1.54) is 5.57 Å². The number of allylic oxidation sites excluding steroid dienone is 4. The van der Waals surface area contributed by atoms with Crippen LogP contribution >= 0.6 is 0 Å². The number of H-pyrrole nitrogens is 1. The van der Waals surface area contributed by atoms with E-state index in [1.807, 2.05) is 6.92 Å². The summed E-state index contributed by atoms with van der Waals surface area (Å²) in [5, 5.41) is 21.5. The van der Waals surface area contributed by atoms with Crippen LogP contribution in [0.1, 0.15) is 50.5 Å². The standard InChI is InChI=1S/C19H27N3O4/c1-2-3-9-15(18(23)24)22-16(19(25)26)11-14-12-20-17(21-14)10-13-7-5-4-6-8-13/h5,7-8,12,15-16,22H,2-4,6,9-11H2,1H3,(H,20,21)(H,23,24)(H,25,26). The Bertz CT molecular complexity index is 678. The van der Waals surface area contributed by atoms with Crippen LogP contribution in [0.3, 0.4) is 0 Å². The highest BCUT2D eigenvalue weighted by Crippen LogP contribution is 2.14. The first kappa shape index (κ1) is 19.9. The molecule has 4 N–H and O–H groups in total. The number of carboxylic acid groups (broad SMARTS) is 2. The lowest BCUT2D eigenvalue weighted by molar-refractivity contribution is -0.142. The molecule has 0 bridgehead atoms. The number of aliphatic carboxylic acids is 2. The highest BCUT2D eigenvalue weighted by molar-refractivity contribution is 5.77. The number of aromatic amines is 1. The van der Waals surface area contributed by atoms with Gasteiger partial charge in [-0.15, -0.1) is 0 Å². The van der Waals surface area contributed by atoms with E-state index in [2.05, 4.69) is 33.5 Å². The van der Waals surface area contributed by atoms with E-state index in [9.17, 15) is 19.8 Å². The van der Waals surface area contributed by atoms with Gasteiger partial charge in [0.2, 0.25) is 0 Å². The molecule has 2 unspecified atom stereocenters. The number of carboxylic acids is 2. The zero-order valence-electron chi connectivity index (χ0n) is 15.1. The molecule has 0 saturated heterocycles. The van der Waals surface area contributed by atoms with E-state index in [-0.39, 0.29) is 6.42 Å². The van der Waals surface area contributed by atoms with E-state index in [0.717, 1.165) is 31.5 Å². The van der Waals surface area contributed by atoms with Crippen LogP contribution in [0.5, 0.6) is 0 Å². The molecule has 0 amide bonds. The van der Waals surface area contributed by atoms with Gasteiger partial charge in [0.05, 0.1) is 0 Å². The number of hydrogen-bond acceptors (Lipinski definition) is 4. The predicted molar refractivity (Wildman–Crippen MR) is 98.0 cm³/mol. The molecule has 1 aromatic heterocycles. The summed E-state index contributed by atoms with van der Waals surface area (Å²) in [6.07, 6.45) is 12.9. The Morgan fingerprint density at radius 3 is 2.65 bits per heavy atom. The van der Waals surface area contributed by atoms with Gasteiger partial charge in [0.1, 0.15) is 17.9 Å². The van der Waals surface area contributed by atoms with Crippen molar-refractivity contribution in [2.75, 3.05) is 0 Å². The molecule has 0 aliphatic heterocycles. The van der Waals surface area contributed by atoms with Crippen LogP contribution in [-0.4, -0.2) is 44.2 Å². The topological polar surface area (TPSA) is 115 Å². The van der Waals surface area contributed by atoms with Crippen LogP contribution in [0.25, 0.3) is 0 Å². The molecule has 0 radical (unpaired) electrons. The Kier molecular flexibility index (Phi) is 7.59. The Morgan fingerprint density at radius 1 is 1.27 bits per heavy atom. The molecule has 1 aliphatic carbocycles. The van der Waals surface area contributed by atoms with Gasteiger partial charge in [-0.3, -0.25) is 14.9 Å². The van der Waals surface area contributed by atoms with E-state index in [1.54, 1.807) is 6.20 Å². The van der Waals surface area contributed by atoms with Gasteiger partial charge in [0, 0.05) is 24.7 Å². The first-order valence-corrected chi connectivity index (χ1v) is 9.09. The summed E-state index contributed by atoms with van der Waals surface area (Å²) in [7, 11) is 0. The SMILES string of the molecule is CCCCC(NC(Cc1cnc(CC2=CCCC=C2)[nH]1)C(=O)O)C(=O)O. The summed E-state index contributed by atoms with van der Waals surface area (Å²) >= 11 is 0. The molecule has 0 spiro atoms. The summed E-state index contributed by atoms with van der Waals surface area (Å²) in [4.78, 5) is 30.4. The molecule has 0 saturated carbocycles. The highest BCUT2D eigenvalue weighted by atomic mass is 16.4. The number of rotatable bonds is 11. The summed E-state index contributed by atoms with van der Waals surface area (Å²) in [6, 6.07) is -1.84. The smallest absolute Gasteiger partial charge is 0.321 e. The minimum absolute atomic E-state index is 0.160. The first-order valence-electron chi connectivity index (χ1n) is 9.09. The minimum Gasteiger partial charge on any atom is -0.480 e.